The molecule has 0 aliphatic carbocycles. The minimum atomic E-state index is -1.59. The third-order valence-corrected chi connectivity index (χ3v) is 18.4. The van der Waals surface area contributed by atoms with E-state index < -0.39 is 157 Å². The van der Waals surface area contributed by atoms with Crippen LogP contribution in [0.15, 0.2) is 91.1 Å². The molecule has 29 heteroatoms. The Hall–Kier alpha value is -8.93. The van der Waals surface area contributed by atoms with Crippen LogP contribution in [-0.4, -0.2) is 224 Å². The second kappa shape index (κ2) is 37.1. The van der Waals surface area contributed by atoms with Crippen molar-refractivity contribution in [1.82, 2.24) is 62.2 Å². The van der Waals surface area contributed by atoms with Crippen molar-refractivity contribution in [3.05, 3.63) is 108 Å². The summed E-state index contributed by atoms with van der Waals surface area (Å²) in [4.78, 5) is 175. The number of carbonyl (C=O) groups excluding carboxylic acids is 11. The maximum Gasteiger partial charge on any atom is 0.326 e. The van der Waals surface area contributed by atoms with Gasteiger partial charge in [0.25, 0.3) is 0 Å². The topological polar surface area (TPSA) is 413 Å². The van der Waals surface area contributed by atoms with Crippen molar-refractivity contribution >= 4 is 93.6 Å². The number of aliphatic hydroxyl groups excluding tert-OH is 2. The van der Waals surface area contributed by atoms with Crippen molar-refractivity contribution in [2.75, 3.05) is 51.4 Å². The molecule has 98 heavy (non-hydrogen) atoms. The first-order valence-electron chi connectivity index (χ1n) is 33.5. The molecule has 28 nitrogen and oxygen atoms in total. The molecule has 0 radical (unpaired) electrons. The number of carboxylic acid groups (broad SMARTS) is 1. The van der Waals surface area contributed by atoms with Crippen LogP contribution in [0.4, 0.5) is 0 Å². The summed E-state index contributed by atoms with van der Waals surface area (Å²) >= 11 is 1.40. The highest BCUT2D eigenvalue weighted by Crippen LogP contribution is 2.27. The van der Waals surface area contributed by atoms with E-state index in [9.17, 15) is 72.9 Å². The molecule has 0 bridgehead atoms. The van der Waals surface area contributed by atoms with Crippen LogP contribution >= 0.6 is 11.8 Å². The maximum absolute atomic E-state index is 14.9. The summed E-state index contributed by atoms with van der Waals surface area (Å²) in [5, 5.41) is 52.4. The standard InChI is InChI=1S/C69H95N13O15S/c1-40(2)31-49(75-59(86)46(70)38-83)60(87)72-37-58(85)73-51(35-44-36-71-47-22-13-12-21-45(44)47)63(90)74-48(26-30-98-5)61(88)77-52(32-41(3)4)66(93)80-27-14-23-55(80)64(91)76-50(33-42-17-8-6-9-18-42)62(89)79-54(39-84)67(94)82-29-16-25-57(82)68(95)81-28-15-24-56(81)65(92)78-53(69(96)97)34-43-19-10-7-11-20-43/h6-13,17-22,36,40-41,46,48-57,71,83-84H,14-16,23-35,37-39,70H2,1-5H3,(H,72,87)(H,73,85)(H,74,90)(H,75,86)(H,76,91)(H,77,88)(H,78,92)(H,79,89)(H,96,97)/t46-,48-,49-,50-,51-,52-,53-,54-,55-,56-,57-/m0/s1. The number of para-hydroxylation sites is 1. The van der Waals surface area contributed by atoms with Gasteiger partial charge in [-0.15, -0.1) is 0 Å². The van der Waals surface area contributed by atoms with Crippen molar-refractivity contribution in [3.8, 4) is 0 Å². The van der Waals surface area contributed by atoms with Gasteiger partial charge in [0.15, 0.2) is 0 Å². The maximum atomic E-state index is 14.9. The quantitative estimate of drug-likeness (QED) is 0.0286. The molecule has 0 spiro atoms. The minimum absolute atomic E-state index is 0.0106. The Labute approximate surface area is 574 Å². The van der Waals surface area contributed by atoms with Crippen LogP contribution in [0.3, 0.4) is 0 Å². The summed E-state index contributed by atoms with van der Waals surface area (Å²) < 4.78 is 0. The number of benzene rings is 3. The van der Waals surface area contributed by atoms with Gasteiger partial charge in [-0.2, -0.15) is 11.8 Å². The molecule has 3 saturated heterocycles. The fourth-order valence-electron chi connectivity index (χ4n) is 12.7. The van der Waals surface area contributed by atoms with E-state index in [4.69, 9.17) is 5.73 Å². The number of hydrogen-bond acceptors (Lipinski definition) is 16. The molecule has 14 N–H and O–H groups in total. The number of hydrogen-bond donors (Lipinski definition) is 13. The fraction of sp³-hybridized carbons (Fsp3) is 0.536. The van der Waals surface area contributed by atoms with E-state index in [-0.39, 0.29) is 89.3 Å². The van der Waals surface area contributed by atoms with E-state index in [0.29, 0.717) is 41.7 Å². The number of likely N-dealkylation sites (tertiary alicyclic amines) is 3. The predicted molar refractivity (Wildman–Crippen MR) is 365 cm³/mol. The molecule has 3 aliphatic heterocycles. The monoisotopic (exact) mass is 1380 g/mol. The molecule has 7 rings (SSSR count). The molecular weight excluding hydrogens is 1280 g/mol. The number of carboxylic acids is 1. The number of nitrogens with two attached hydrogens (primary N) is 1. The SMILES string of the molecule is CSCC[C@H](NC(=O)[C@H](Cc1c[nH]c2ccccc12)NC(=O)CNC(=O)[C@H](CC(C)C)NC(=O)[C@@H](N)CO)C(=O)N[C@@H](CC(C)C)C(=O)N1CCC[C@H]1C(=O)N[C@@H](Cc1ccccc1)C(=O)N[C@@H](CO)C(=O)N1CCC[C@H]1C(=O)N1CCC[C@H]1C(=O)N[C@@H](Cc1ccccc1)C(=O)O. The molecule has 1 aromatic heterocycles. The Morgan fingerprint density at radius 3 is 1.59 bits per heavy atom. The smallest absolute Gasteiger partial charge is 0.326 e. The normalized spacial score (nSPS) is 18.5. The summed E-state index contributed by atoms with van der Waals surface area (Å²) in [6, 6.07) is 11.1. The lowest BCUT2D eigenvalue weighted by molar-refractivity contribution is -0.149. The third kappa shape index (κ3) is 21.3. The fourth-order valence-corrected chi connectivity index (χ4v) is 13.1. The minimum Gasteiger partial charge on any atom is -0.480 e. The second-order valence-electron chi connectivity index (χ2n) is 26.1. The van der Waals surface area contributed by atoms with Crippen LogP contribution in [0.25, 0.3) is 10.9 Å². The number of nitrogens with one attached hydrogen (secondary N) is 9. The van der Waals surface area contributed by atoms with Crippen molar-refractivity contribution in [3.63, 3.8) is 0 Å². The summed E-state index contributed by atoms with van der Waals surface area (Å²) in [7, 11) is 0. The van der Waals surface area contributed by atoms with Crippen molar-refractivity contribution in [2.24, 2.45) is 17.6 Å². The highest BCUT2D eigenvalue weighted by atomic mass is 32.2. The Kier molecular flexibility index (Phi) is 29.0. The van der Waals surface area contributed by atoms with Gasteiger partial charge in [-0.3, -0.25) is 52.7 Å². The van der Waals surface area contributed by atoms with Gasteiger partial charge < -0.3 is 83.3 Å². The number of nitrogens with zero attached hydrogens (tertiary/aromatic N) is 3. The van der Waals surface area contributed by atoms with E-state index in [1.54, 1.807) is 66.9 Å². The first-order chi connectivity index (χ1) is 46.9. The number of amides is 11. The lowest BCUT2D eigenvalue weighted by atomic mass is 10.0. The van der Waals surface area contributed by atoms with Gasteiger partial charge in [0, 0.05) is 56.0 Å². The number of aromatic amines is 1. The first kappa shape index (κ1) is 76.4. The number of H-pyrrole nitrogens is 1. The van der Waals surface area contributed by atoms with E-state index in [0.717, 1.165) is 10.9 Å². The zero-order chi connectivity index (χ0) is 71.2. The Morgan fingerprint density at radius 2 is 1.01 bits per heavy atom. The average Bonchev–Trinajstić information content (AvgIpc) is 1.64. The van der Waals surface area contributed by atoms with Gasteiger partial charge in [0.05, 0.1) is 19.8 Å². The van der Waals surface area contributed by atoms with Crippen LogP contribution in [0.1, 0.15) is 102 Å². The van der Waals surface area contributed by atoms with Gasteiger partial charge in [-0.05, 0) is 104 Å². The molecule has 3 aromatic carbocycles. The van der Waals surface area contributed by atoms with Crippen LogP contribution in [-0.2, 0) is 76.8 Å². The van der Waals surface area contributed by atoms with Gasteiger partial charge >= 0.3 is 5.97 Å². The molecule has 532 valence electrons. The van der Waals surface area contributed by atoms with Crippen molar-refractivity contribution in [2.45, 2.75) is 171 Å². The van der Waals surface area contributed by atoms with Gasteiger partial charge in [-0.25, -0.2) is 4.79 Å². The summed E-state index contributed by atoms with van der Waals surface area (Å²) in [6.07, 6.45) is 5.55. The Bertz CT molecular complexity index is 3430. The number of aliphatic hydroxyl groups is 2. The molecule has 3 fully saturated rings. The van der Waals surface area contributed by atoms with Crippen molar-refractivity contribution in [1.29, 1.82) is 0 Å². The number of thioether (sulfide) groups is 1. The van der Waals surface area contributed by atoms with Gasteiger partial charge in [0.2, 0.25) is 65.0 Å². The van der Waals surface area contributed by atoms with E-state index >= 15 is 0 Å². The van der Waals surface area contributed by atoms with Crippen LogP contribution < -0.4 is 48.3 Å². The number of aliphatic carboxylic acids is 1. The number of fused-ring (bicyclic) bond motifs is 1. The average molecular weight is 1380 g/mol. The Morgan fingerprint density at radius 1 is 0.531 bits per heavy atom. The van der Waals surface area contributed by atoms with E-state index in [2.05, 4.69) is 47.5 Å². The molecule has 0 unspecified atom stereocenters. The van der Waals surface area contributed by atoms with E-state index in [1.807, 2.05) is 58.2 Å². The van der Waals surface area contributed by atoms with Crippen molar-refractivity contribution < 1.29 is 72.9 Å². The summed E-state index contributed by atoms with van der Waals surface area (Å²) in [5.41, 5.74) is 8.39. The number of rotatable bonds is 35. The zero-order valence-corrected chi connectivity index (χ0v) is 57.0. The second-order valence-corrected chi connectivity index (χ2v) is 27.1. The molecule has 4 heterocycles. The highest BCUT2D eigenvalue weighted by molar-refractivity contribution is 7.98. The lowest BCUT2D eigenvalue weighted by Crippen LogP contribution is -2.61. The predicted octanol–water partition coefficient (Wildman–Crippen LogP) is -0.0796. The number of carbonyl (C=O) groups is 12. The largest absolute Gasteiger partial charge is 0.480 e. The molecule has 0 saturated carbocycles. The lowest BCUT2D eigenvalue weighted by Gasteiger charge is -2.33. The molecule has 3 aliphatic rings. The van der Waals surface area contributed by atoms with Gasteiger partial charge in [-0.1, -0.05) is 107 Å². The molecular formula is C69H95N13O15S. The molecule has 11 atom stereocenters. The summed E-state index contributed by atoms with van der Waals surface area (Å²) in [5.74, 6) is -9.01. The zero-order valence-electron chi connectivity index (χ0n) is 56.2. The van der Waals surface area contributed by atoms with Crippen LogP contribution in [0.2, 0.25) is 0 Å². The number of aromatic nitrogens is 1. The molecule has 4 aromatic rings. The van der Waals surface area contributed by atoms with Crippen LogP contribution in [0, 0.1) is 11.8 Å². The summed E-state index contributed by atoms with van der Waals surface area (Å²) in [6.45, 7) is 5.52. The van der Waals surface area contributed by atoms with E-state index in [1.165, 1.54) is 26.5 Å². The molecule has 11 amide bonds. The highest BCUT2D eigenvalue weighted by Gasteiger charge is 2.46. The van der Waals surface area contributed by atoms with Crippen LogP contribution in [0.5, 0.6) is 0 Å². The Balaban J connectivity index is 1.03. The third-order valence-electron chi connectivity index (χ3n) is 17.7. The first-order valence-corrected chi connectivity index (χ1v) is 34.9. The van der Waals surface area contributed by atoms with Gasteiger partial charge in [0.1, 0.15) is 66.5 Å².